The molecule has 35 heavy (non-hydrogen) atoms. The lowest BCUT2D eigenvalue weighted by atomic mass is 9.83. The van der Waals surface area contributed by atoms with Crippen LogP contribution in [0.2, 0.25) is 0 Å². The van der Waals surface area contributed by atoms with Crippen LogP contribution in [0.4, 0.5) is 30.7 Å². The first kappa shape index (κ1) is 26.6. The zero-order valence-electron chi connectivity index (χ0n) is 19.3. The molecular weight excluding hydrogens is 473 g/mol. The molecule has 0 bridgehead atoms. The van der Waals surface area contributed by atoms with Crippen molar-refractivity contribution in [3.8, 4) is 16.9 Å². The van der Waals surface area contributed by atoms with Crippen LogP contribution in [0.15, 0.2) is 48.5 Å². The summed E-state index contributed by atoms with van der Waals surface area (Å²) in [5, 5.41) is 0. The summed E-state index contributed by atoms with van der Waals surface area (Å²) < 4.78 is 102. The minimum absolute atomic E-state index is 0.0404. The number of hydrogen-bond acceptors (Lipinski definition) is 1. The number of hydrogen-bond donors (Lipinski definition) is 0. The van der Waals surface area contributed by atoms with E-state index in [-0.39, 0.29) is 17.7 Å². The number of rotatable bonds is 5. The quantitative estimate of drug-likeness (QED) is 0.252. The standard InChI is InChI=1S/C25H19F7O.C2H6/c26-19-10-17(16-8-6-15(7-9-16)14-4-2-1-3-5-14)11-20(27)23(19)25(31,32)33-18-12-21(28)24(30)22(29)13-18;1-2/h6-14H,1-5H2;1-2H3. The van der Waals surface area contributed by atoms with Gasteiger partial charge in [-0.2, -0.15) is 8.78 Å². The molecule has 0 heterocycles. The highest BCUT2D eigenvalue weighted by molar-refractivity contribution is 5.64. The van der Waals surface area contributed by atoms with Crippen LogP contribution in [0.3, 0.4) is 0 Å². The molecule has 1 nitrogen and oxygen atoms in total. The van der Waals surface area contributed by atoms with Gasteiger partial charge in [-0.05, 0) is 47.6 Å². The summed E-state index contributed by atoms with van der Waals surface area (Å²) in [4.78, 5) is 0. The molecule has 1 fully saturated rings. The molecule has 0 aliphatic heterocycles. The topological polar surface area (TPSA) is 9.23 Å². The van der Waals surface area contributed by atoms with Crippen LogP contribution < -0.4 is 4.74 Å². The first-order chi connectivity index (χ1) is 16.7. The third-order valence-corrected chi connectivity index (χ3v) is 5.86. The van der Waals surface area contributed by atoms with Gasteiger partial charge < -0.3 is 4.74 Å². The van der Waals surface area contributed by atoms with Gasteiger partial charge in [0.05, 0.1) is 0 Å². The van der Waals surface area contributed by atoms with E-state index in [1.165, 1.54) is 6.42 Å². The normalized spacial score (nSPS) is 14.3. The third kappa shape index (κ3) is 5.97. The van der Waals surface area contributed by atoms with Gasteiger partial charge in [0.2, 0.25) is 0 Å². The van der Waals surface area contributed by atoms with Crippen molar-refractivity contribution in [3.63, 3.8) is 0 Å². The molecule has 1 saturated carbocycles. The van der Waals surface area contributed by atoms with Crippen molar-refractivity contribution in [3.05, 3.63) is 88.7 Å². The average Bonchev–Trinajstić information content (AvgIpc) is 2.83. The van der Waals surface area contributed by atoms with Crippen molar-refractivity contribution in [1.29, 1.82) is 0 Å². The second-order valence-electron chi connectivity index (χ2n) is 8.09. The van der Waals surface area contributed by atoms with Crippen LogP contribution in [-0.2, 0) is 6.11 Å². The Labute approximate surface area is 199 Å². The third-order valence-electron chi connectivity index (χ3n) is 5.86. The van der Waals surface area contributed by atoms with Gasteiger partial charge in [-0.15, -0.1) is 0 Å². The molecule has 0 radical (unpaired) electrons. The van der Waals surface area contributed by atoms with Gasteiger partial charge in [0, 0.05) is 12.1 Å². The lowest BCUT2D eigenvalue weighted by Crippen LogP contribution is -2.25. The smallest absolute Gasteiger partial charge is 0.429 e. The Balaban J connectivity index is 0.00000167. The van der Waals surface area contributed by atoms with E-state index >= 15 is 0 Å². The Morgan fingerprint density at radius 2 is 1.20 bits per heavy atom. The van der Waals surface area contributed by atoms with E-state index in [0.717, 1.165) is 43.4 Å². The summed E-state index contributed by atoms with van der Waals surface area (Å²) in [7, 11) is 0. The molecule has 0 atom stereocenters. The number of ether oxygens (including phenoxy) is 1. The maximum atomic E-state index is 14.6. The summed E-state index contributed by atoms with van der Waals surface area (Å²) in [5.41, 5.74) is -0.130. The van der Waals surface area contributed by atoms with E-state index in [2.05, 4.69) is 4.74 Å². The minimum atomic E-state index is -4.62. The Kier molecular flexibility index (Phi) is 8.46. The molecular formula is C27H25F7O. The molecule has 1 aliphatic rings. The zero-order chi connectivity index (χ0) is 25.8. The van der Waals surface area contributed by atoms with E-state index in [9.17, 15) is 30.7 Å². The highest BCUT2D eigenvalue weighted by atomic mass is 19.3. The Morgan fingerprint density at radius 3 is 1.71 bits per heavy atom. The Bertz CT molecular complexity index is 1110. The highest BCUT2D eigenvalue weighted by Gasteiger charge is 2.41. The van der Waals surface area contributed by atoms with E-state index in [1.807, 2.05) is 26.0 Å². The molecule has 0 aromatic heterocycles. The highest BCUT2D eigenvalue weighted by Crippen LogP contribution is 2.38. The first-order valence-electron chi connectivity index (χ1n) is 11.5. The summed E-state index contributed by atoms with van der Waals surface area (Å²) >= 11 is 0. The van der Waals surface area contributed by atoms with Crippen LogP contribution in [-0.4, -0.2) is 0 Å². The van der Waals surface area contributed by atoms with Gasteiger partial charge >= 0.3 is 6.11 Å². The van der Waals surface area contributed by atoms with Crippen LogP contribution >= 0.6 is 0 Å². The van der Waals surface area contributed by atoms with Crippen molar-refractivity contribution in [2.45, 2.75) is 58.0 Å². The monoisotopic (exact) mass is 498 g/mol. The van der Waals surface area contributed by atoms with E-state index in [0.29, 0.717) is 11.5 Å². The summed E-state index contributed by atoms with van der Waals surface area (Å²) in [5.74, 6) is -9.36. The fourth-order valence-electron chi connectivity index (χ4n) is 4.19. The van der Waals surface area contributed by atoms with Crippen molar-refractivity contribution in [2.24, 2.45) is 0 Å². The minimum Gasteiger partial charge on any atom is -0.429 e. The average molecular weight is 498 g/mol. The Hall–Kier alpha value is -3.03. The fraction of sp³-hybridized carbons (Fsp3) is 0.333. The predicted octanol–water partition coefficient (Wildman–Crippen LogP) is 9.25. The maximum absolute atomic E-state index is 14.6. The molecule has 1 aliphatic carbocycles. The van der Waals surface area contributed by atoms with Gasteiger partial charge in [-0.3, -0.25) is 0 Å². The number of halogens is 7. The summed E-state index contributed by atoms with van der Waals surface area (Å²) in [6.45, 7) is 4.00. The molecule has 0 N–H and O–H groups in total. The molecule has 3 aromatic rings. The second kappa shape index (κ2) is 11.1. The second-order valence-corrected chi connectivity index (χ2v) is 8.09. The van der Waals surface area contributed by atoms with Gasteiger partial charge in [0.15, 0.2) is 17.5 Å². The van der Waals surface area contributed by atoms with E-state index in [4.69, 9.17) is 0 Å². The van der Waals surface area contributed by atoms with E-state index < -0.39 is 46.5 Å². The van der Waals surface area contributed by atoms with Gasteiger partial charge in [0.25, 0.3) is 0 Å². The first-order valence-corrected chi connectivity index (χ1v) is 11.5. The van der Waals surface area contributed by atoms with Crippen molar-refractivity contribution in [2.75, 3.05) is 0 Å². The molecule has 0 saturated heterocycles. The van der Waals surface area contributed by atoms with Crippen molar-refractivity contribution >= 4 is 0 Å². The van der Waals surface area contributed by atoms with Crippen molar-refractivity contribution < 1.29 is 35.5 Å². The molecule has 0 spiro atoms. The summed E-state index contributed by atoms with van der Waals surface area (Å²) in [6.07, 6.45) is 1.05. The lowest BCUT2D eigenvalue weighted by Gasteiger charge is -2.22. The fourth-order valence-corrected chi connectivity index (χ4v) is 4.19. The number of alkyl halides is 2. The van der Waals surface area contributed by atoms with Crippen LogP contribution in [0.25, 0.3) is 11.1 Å². The molecule has 0 unspecified atom stereocenters. The lowest BCUT2D eigenvalue weighted by molar-refractivity contribution is -0.189. The zero-order valence-corrected chi connectivity index (χ0v) is 19.3. The maximum Gasteiger partial charge on any atom is 0.432 e. The van der Waals surface area contributed by atoms with Gasteiger partial charge in [0.1, 0.15) is 22.9 Å². The molecule has 0 amide bonds. The molecule has 8 heteroatoms. The largest absolute Gasteiger partial charge is 0.432 e. The summed E-state index contributed by atoms with van der Waals surface area (Å²) in [6, 6.07) is 8.87. The van der Waals surface area contributed by atoms with E-state index in [1.54, 1.807) is 12.1 Å². The molecule has 3 aromatic carbocycles. The van der Waals surface area contributed by atoms with Crippen LogP contribution in [0, 0.1) is 29.1 Å². The molecule has 188 valence electrons. The van der Waals surface area contributed by atoms with Gasteiger partial charge in [-0.1, -0.05) is 57.4 Å². The number of benzene rings is 3. The van der Waals surface area contributed by atoms with Crippen LogP contribution in [0.1, 0.15) is 63.0 Å². The van der Waals surface area contributed by atoms with Gasteiger partial charge in [-0.25, -0.2) is 22.0 Å². The van der Waals surface area contributed by atoms with Crippen molar-refractivity contribution in [1.82, 2.24) is 0 Å². The molecule has 4 rings (SSSR count). The predicted molar refractivity (Wildman–Crippen MR) is 120 cm³/mol. The SMILES string of the molecule is CC.Fc1cc(OC(F)(F)c2c(F)cc(-c3ccc(C4CCCCC4)cc3)cc2F)cc(F)c1F. The van der Waals surface area contributed by atoms with Crippen LogP contribution in [0.5, 0.6) is 5.75 Å². The Morgan fingerprint density at radius 1 is 0.686 bits per heavy atom.